The molecule has 1 atom stereocenters. The average molecular weight is 279 g/mol. The molecule has 3 nitrogen and oxygen atoms in total. The minimum atomic E-state index is 0.182. The van der Waals surface area contributed by atoms with Gasteiger partial charge in [0.05, 0.1) is 11.7 Å². The van der Waals surface area contributed by atoms with Gasteiger partial charge in [-0.05, 0) is 41.9 Å². The van der Waals surface area contributed by atoms with Gasteiger partial charge in [0.2, 0.25) is 0 Å². The van der Waals surface area contributed by atoms with Gasteiger partial charge in [-0.2, -0.15) is 5.10 Å². The van der Waals surface area contributed by atoms with E-state index in [1.54, 1.807) is 0 Å². The standard InChI is InChI=1S/C18H21N3/c1-3-19-18(17-11-12-20-21(17)4-2)16-10-9-14-7-5-6-8-15(14)13-16/h5-13,18-19H,3-4H2,1-2H3. The van der Waals surface area contributed by atoms with Crippen LogP contribution in [0.25, 0.3) is 10.8 Å². The zero-order chi connectivity index (χ0) is 14.7. The smallest absolute Gasteiger partial charge is 0.0748 e. The van der Waals surface area contributed by atoms with E-state index < -0.39 is 0 Å². The molecule has 108 valence electrons. The topological polar surface area (TPSA) is 29.9 Å². The van der Waals surface area contributed by atoms with Crippen LogP contribution in [-0.2, 0) is 6.54 Å². The van der Waals surface area contributed by atoms with Gasteiger partial charge in [-0.25, -0.2) is 0 Å². The van der Waals surface area contributed by atoms with E-state index in [4.69, 9.17) is 0 Å². The van der Waals surface area contributed by atoms with Crippen molar-refractivity contribution < 1.29 is 0 Å². The van der Waals surface area contributed by atoms with Gasteiger partial charge in [0.15, 0.2) is 0 Å². The summed E-state index contributed by atoms with van der Waals surface area (Å²) in [5.74, 6) is 0. The molecule has 3 aromatic rings. The van der Waals surface area contributed by atoms with Crippen molar-refractivity contribution in [1.29, 1.82) is 0 Å². The summed E-state index contributed by atoms with van der Waals surface area (Å²) in [5.41, 5.74) is 2.50. The molecule has 0 aliphatic heterocycles. The summed E-state index contributed by atoms with van der Waals surface area (Å²) in [6.45, 7) is 6.07. The molecular formula is C18H21N3. The number of aromatic nitrogens is 2. The van der Waals surface area contributed by atoms with Crippen molar-refractivity contribution in [3.63, 3.8) is 0 Å². The zero-order valence-electron chi connectivity index (χ0n) is 12.6. The quantitative estimate of drug-likeness (QED) is 0.770. The maximum Gasteiger partial charge on any atom is 0.0748 e. The molecule has 0 fully saturated rings. The van der Waals surface area contributed by atoms with Gasteiger partial charge >= 0.3 is 0 Å². The van der Waals surface area contributed by atoms with Crippen molar-refractivity contribution in [3.8, 4) is 0 Å². The Bertz CT molecular complexity index is 730. The van der Waals surface area contributed by atoms with E-state index in [-0.39, 0.29) is 6.04 Å². The number of nitrogens with one attached hydrogen (secondary N) is 1. The monoisotopic (exact) mass is 279 g/mol. The molecule has 0 radical (unpaired) electrons. The number of nitrogens with zero attached hydrogens (tertiary/aromatic N) is 2. The highest BCUT2D eigenvalue weighted by atomic mass is 15.3. The van der Waals surface area contributed by atoms with Gasteiger partial charge in [0, 0.05) is 12.7 Å². The van der Waals surface area contributed by atoms with Crippen LogP contribution >= 0.6 is 0 Å². The fourth-order valence-corrected chi connectivity index (χ4v) is 2.84. The van der Waals surface area contributed by atoms with Crippen LogP contribution in [0.2, 0.25) is 0 Å². The Morgan fingerprint density at radius 3 is 2.62 bits per heavy atom. The molecule has 1 N–H and O–H groups in total. The average Bonchev–Trinajstić information content (AvgIpc) is 3.00. The van der Waals surface area contributed by atoms with E-state index in [9.17, 15) is 0 Å². The Labute approximate surface area is 125 Å². The number of hydrogen-bond donors (Lipinski definition) is 1. The van der Waals surface area contributed by atoms with E-state index in [0.717, 1.165) is 13.1 Å². The third-order valence-corrected chi connectivity index (χ3v) is 3.86. The summed E-state index contributed by atoms with van der Waals surface area (Å²) in [6, 6.07) is 17.4. The maximum absolute atomic E-state index is 4.40. The minimum Gasteiger partial charge on any atom is -0.305 e. The first-order valence-corrected chi connectivity index (χ1v) is 7.57. The molecule has 3 heteroatoms. The molecule has 0 saturated carbocycles. The first kappa shape index (κ1) is 13.8. The van der Waals surface area contributed by atoms with Crippen LogP contribution < -0.4 is 5.32 Å². The second-order valence-electron chi connectivity index (χ2n) is 5.17. The number of aryl methyl sites for hydroxylation is 1. The summed E-state index contributed by atoms with van der Waals surface area (Å²) >= 11 is 0. The number of fused-ring (bicyclic) bond motifs is 1. The van der Waals surface area contributed by atoms with Crippen molar-refractivity contribution in [1.82, 2.24) is 15.1 Å². The van der Waals surface area contributed by atoms with Crippen molar-refractivity contribution in [2.75, 3.05) is 6.54 Å². The molecule has 0 amide bonds. The SMILES string of the molecule is CCNC(c1ccc2ccccc2c1)c1ccnn1CC. The molecule has 0 aliphatic rings. The highest BCUT2D eigenvalue weighted by molar-refractivity contribution is 5.83. The summed E-state index contributed by atoms with van der Waals surface area (Å²) in [4.78, 5) is 0. The first-order chi connectivity index (χ1) is 10.3. The minimum absolute atomic E-state index is 0.182. The van der Waals surface area contributed by atoms with Crippen LogP contribution in [0.5, 0.6) is 0 Å². The fraction of sp³-hybridized carbons (Fsp3) is 0.278. The number of hydrogen-bond acceptors (Lipinski definition) is 2. The van der Waals surface area contributed by atoms with E-state index in [0.29, 0.717) is 0 Å². The summed E-state index contributed by atoms with van der Waals surface area (Å²) in [7, 11) is 0. The Hall–Kier alpha value is -2.13. The molecule has 0 saturated heterocycles. The molecule has 0 bridgehead atoms. The van der Waals surface area contributed by atoms with Gasteiger partial charge in [0.1, 0.15) is 0 Å². The third kappa shape index (κ3) is 2.69. The summed E-state index contributed by atoms with van der Waals surface area (Å²) in [5, 5.41) is 10.5. The van der Waals surface area contributed by atoms with Crippen LogP contribution in [0.3, 0.4) is 0 Å². The van der Waals surface area contributed by atoms with E-state index in [1.165, 1.54) is 22.0 Å². The molecule has 1 heterocycles. The molecule has 0 aliphatic carbocycles. The highest BCUT2D eigenvalue weighted by Gasteiger charge is 2.17. The molecule has 2 aromatic carbocycles. The maximum atomic E-state index is 4.40. The second-order valence-corrected chi connectivity index (χ2v) is 5.17. The number of benzene rings is 2. The van der Waals surface area contributed by atoms with Gasteiger partial charge in [-0.1, -0.05) is 43.3 Å². The van der Waals surface area contributed by atoms with Crippen LogP contribution in [-0.4, -0.2) is 16.3 Å². The third-order valence-electron chi connectivity index (χ3n) is 3.86. The lowest BCUT2D eigenvalue weighted by Gasteiger charge is -2.20. The van der Waals surface area contributed by atoms with Crippen molar-refractivity contribution in [3.05, 3.63) is 66.0 Å². The fourth-order valence-electron chi connectivity index (χ4n) is 2.84. The predicted molar refractivity (Wildman–Crippen MR) is 87.4 cm³/mol. The van der Waals surface area contributed by atoms with Crippen molar-refractivity contribution >= 4 is 10.8 Å². The molecule has 1 aromatic heterocycles. The van der Waals surface area contributed by atoms with Crippen LogP contribution in [0.4, 0.5) is 0 Å². The lowest BCUT2D eigenvalue weighted by atomic mass is 9.99. The van der Waals surface area contributed by atoms with Crippen molar-refractivity contribution in [2.24, 2.45) is 0 Å². The molecule has 3 rings (SSSR count). The largest absolute Gasteiger partial charge is 0.305 e. The molecular weight excluding hydrogens is 258 g/mol. The molecule has 0 spiro atoms. The Balaban J connectivity index is 2.06. The lowest BCUT2D eigenvalue weighted by molar-refractivity contribution is 0.543. The predicted octanol–water partition coefficient (Wildman–Crippen LogP) is 3.76. The zero-order valence-corrected chi connectivity index (χ0v) is 12.6. The highest BCUT2D eigenvalue weighted by Crippen LogP contribution is 2.25. The Morgan fingerprint density at radius 2 is 1.86 bits per heavy atom. The summed E-state index contributed by atoms with van der Waals surface area (Å²) < 4.78 is 2.06. The van der Waals surface area contributed by atoms with E-state index in [2.05, 4.69) is 77.5 Å². The number of rotatable bonds is 5. The Kier molecular flexibility index (Phi) is 4.02. The van der Waals surface area contributed by atoms with Crippen LogP contribution in [0, 0.1) is 0 Å². The normalized spacial score (nSPS) is 12.7. The van der Waals surface area contributed by atoms with Gasteiger partial charge < -0.3 is 5.32 Å². The van der Waals surface area contributed by atoms with E-state index >= 15 is 0 Å². The molecule has 1 unspecified atom stereocenters. The van der Waals surface area contributed by atoms with Gasteiger partial charge in [-0.3, -0.25) is 4.68 Å². The first-order valence-electron chi connectivity index (χ1n) is 7.57. The van der Waals surface area contributed by atoms with Crippen molar-refractivity contribution in [2.45, 2.75) is 26.4 Å². The Morgan fingerprint density at radius 1 is 1.05 bits per heavy atom. The van der Waals surface area contributed by atoms with Gasteiger partial charge in [0.25, 0.3) is 0 Å². The van der Waals surface area contributed by atoms with E-state index in [1.807, 2.05) is 6.20 Å². The second kappa shape index (κ2) is 6.10. The van der Waals surface area contributed by atoms with Gasteiger partial charge in [-0.15, -0.1) is 0 Å². The lowest BCUT2D eigenvalue weighted by Crippen LogP contribution is -2.24. The van der Waals surface area contributed by atoms with Crippen LogP contribution in [0.15, 0.2) is 54.7 Å². The molecule has 21 heavy (non-hydrogen) atoms. The van der Waals surface area contributed by atoms with Crippen LogP contribution in [0.1, 0.15) is 31.1 Å². The summed E-state index contributed by atoms with van der Waals surface area (Å²) in [6.07, 6.45) is 1.88.